The zero-order chi connectivity index (χ0) is 19.4. The molecule has 0 radical (unpaired) electrons. The first kappa shape index (κ1) is 18.5. The molecule has 0 aromatic heterocycles. The van der Waals surface area contributed by atoms with E-state index in [0.29, 0.717) is 13.0 Å². The second-order valence-electron chi connectivity index (χ2n) is 7.92. The molecule has 0 saturated carbocycles. The van der Waals surface area contributed by atoms with E-state index in [1.165, 1.54) is 0 Å². The monoisotopic (exact) mass is 374 g/mol. The van der Waals surface area contributed by atoms with Gasteiger partial charge in [0.1, 0.15) is 0 Å². The first-order valence-electron chi connectivity index (χ1n) is 9.99. The van der Waals surface area contributed by atoms with Crippen molar-refractivity contribution in [1.82, 2.24) is 9.80 Å². The van der Waals surface area contributed by atoms with Gasteiger partial charge in [0.05, 0.1) is 0 Å². The predicted molar refractivity (Wildman–Crippen MR) is 111 cm³/mol. The van der Waals surface area contributed by atoms with Crippen molar-refractivity contribution in [2.24, 2.45) is 5.41 Å². The third kappa shape index (κ3) is 4.01. The van der Waals surface area contributed by atoms with E-state index in [4.69, 9.17) is 0 Å². The van der Waals surface area contributed by atoms with Crippen molar-refractivity contribution >= 4 is 17.9 Å². The minimum Gasteiger partial charge on any atom is -0.339 e. The number of rotatable bonds is 4. The SMILES string of the molecule is O=C1CC2(CCN(C(=O)c3ccccc3)CC2)CN1C/C=C/c1ccccc1. The molecule has 4 heteroatoms. The molecule has 2 aromatic rings. The fourth-order valence-corrected chi connectivity index (χ4v) is 4.31. The lowest BCUT2D eigenvalue weighted by Gasteiger charge is -2.38. The molecule has 2 aliphatic rings. The molecule has 0 bridgehead atoms. The van der Waals surface area contributed by atoms with Crippen molar-refractivity contribution in [2.45, 2.75) is 19.3 Å². The average molecular weight is 374 g/mol. The van der Waals surface area contributed by atoms with Gasteiger partial charge in [-0.1, -0.05) is 60.7 Å². The number of hydrogen-bond donors (Lipinski definition) is 0. The molecular weight excluding hydrogens is 348 g/mol. The van der Waals surface area contributed by atoms with E-state index in [1.54, 1.807) is 0 Å². The van der Waals surface area contributed by atoms with Crippen LogP contribution in [0, 0.1) is 5.41 Å². The van der Waals surface area contributed by atoms with E-state index in [-0.39, 0.29) is 17.2 Å². The Morgan fingerprint density at radius 2 is 1.61 bits per heavy atom. The minimum absolute atomic E-state index is 0.0329. The molecule has 4 rings (SSSR count). The van der Waals surface area contributed by atoms with E-state index in [0.717, 1.165) is 43.6 Å². The van der Waals surface area contributed by atoms with Crippen molar-refractivity contribution < 1.29 is 9.59 Å². The van der Waals surface area contributed by atoms with Gasteiger partial charge in [0.2, 0.25) is 5.91 Å². The standard InChI is InChI=1S/C24H26N2O2/c27-22-18-24(19-26(22)15-7-10-20-8-3-1-4-9-20)13-16-25(17-14-24)23(28)21-11-5-2-6-12-21/h1-12H,13-19H2/b10-7+. The third-order valence-electron chi connectivity index (χ3n) is 5.97. The highest BCUT2D eigenvalue weighted by Gasteiger charge is 2.45. The van der Waals surface area contributed by atoms with Gasteiger partial charge in [0.25, 0.3) is 5.91 Å². The zero-order valence-corrected chi connectivity index (χ0v) is 16.1. The van der Waals surface area contributed by atoms with E-state index >= 15 is 0 Å². The lowest BCUT2D eigenvalue weighted by atomic mass is 9.77. The highest BCUT2D eigenvalue weighted by molar-refractivity contribution is 5.94. The topological polar surface area (TPSA) is 40.6 Å². The van der Waals surface area contributed by atoms with Gasteiger partial charge >= 0.3 is 0 Å². The lowest BCUT2D eigenvalue weighted by molar-refractivity contribution is -0.127. The van der Waals surface area contributed by atoms with E-state index in [1.807, 2.05) is 58.3 Å². The van der Waals surface area contributed by atoms with Crippen molar-refractivity contribution in [3.05, 3.63) is 77.9 Å². The van der Waals surface area contributed by atoms with Gasteiger partial charge in [-0.15, -0.1) is 0 Å². The van der Waals surface area contributed by atoms with Crippen LogP contribution in [0.15, 0.2) is 66.7 Å². The molecule has 0 atom stereocenters. The maximum absolute atomic E-state index is 12.6. The lowest BCUT2D eigenvalue weighted by Crippen LogP contribution is -2.44. The normalized spacial score (nSPS) is 18.9. The smallest absolute Gasteiger partial charge is 0.253 e. The average Bonchev–Trinajstić information content (AvgIpc) is 3.04. The molecular formula is C24H26N2O2. The Morgan fingerprint density at radius 1 is 0.964 bits per heavy atom. The Labute approximate surface area is 166 Å². The van der Waals surface area contributed by atoms with Crippen LogP contribution in [-0.4, -0.2) is 47.8 Å². The van der Waals surface area contributed by atoms with Crippen LogP contribution < -0.4 is 0 Å². The van der Waals surface area contributed by atoms with Gasteiger partial charge in [-0.25, -0.2) is 0 Å². The van der Waals surface area contributed by atoms with Gasteiger partial charge in [0.15, 0.2) is 0 Å². The zero-order valence-electron chi connectivity index (χ0n) is 16.1. The molecule has 0 N–H and O–H groups in total. The summed E-state index contributed by atoms with van der Waals surface area (Å²) in [6, 6.07) is 19.6. The molecule has 1 spiro atoms. The van der Waals surface area contributed by atoms with Crippen LogP contribution in [0.4, 0.5) is 0 Å². The predicted octanol–water partition coefficient (Wildman–Crippen LogP) is 3.85. The second-order valence-corrected chi connectivity index (χ2v) is 7.92. The first-order valence-corrected chi connectivity index (χ1v) is 9.99. The van der Waals surface area contributed by atoms with Crippen molar-refractivity contribution in [2.75, 3.05) is 26.2 Å². The molecule has 2 saturated heterocycles. The summed E-state index contributed by atoms with van der Waals surface area (Å²) < 4.78 is 0. The second kappa shape index (κ2) is 8.01. The van der Waals surface area contributed by atoms with Crippen LogP contribution in [-0.2, 0) is 4.79 Å². The Morgan fingerprint density at radius 3 is 2.29 bits per heavy atom. The Balaban J connectivity index is 1.33. The number of carbonyl (C=O) groups excluding carboxylic acids is 2. The molecule has 2 heterocycles. The van der Waals surface area contributed by atoms with Crippen molar-refractivity contribution in [3.8, 4) is 0 Å². The summed E-state index contributed by atoms with van der Waals surface area (Å²) >= 11 is 0. The summed E-state index contributed by atoms with van der Waals surface area (Å²) in [4.78, 5) is 29.1. The van der Waals surface area contributed by atoms with Crippen molar-refractivity contribution in [1.29, 1.82) is 0 Å². The molecule has 0 unspecified atom stereocenters. The van der Waals surface area contributed by atoms with E-state index in [9.17, 15) is 9.59 Å². The van der Waals surface area contributed by atoms with Gasteiger partial charge < -0.3 is 9.80 Å². The Kier molecular flexibility index (Phi) is 5.29. The minimum atomic E-state index is 0.0329. The highest BCUT2D eigenvalue weighted by atomic mass is 16.2. The number of hydrogen-bond acceptors (Lipinski definition) is 2. The van der Waals surface area contributed by atoms with Gasteiger partial charge in [0, 0.05) is 43.6 Å². The fraction of sp³-hybridized carbons (Fsp3) is 0.333. The maximum atomic E-state index is 12.6. The number of nitrogens with zero attached hydrogens (tertiary/aromatic N) is 2. The molecule has 0 aliphatic carbocycles. The van der Waals surface area contributed by atoms with Crippen LogP contribution >= 0.6 is 0 Å². The Hall–Kier alpha value is -2.88. The molecule has 2 aliphatic heterocycles. The summed E-state index contributed by atoms with van der Waals surface area (Å²) in [6.45, 7) is 2.92. The largest absolute Gasteiger partial charge is 0.339 e. The van der Waals surface area contributed by atoms with Crippen molar-refractivity contribution in [3.63, 3.8) is 0 Å². The number of carbonyl (C=O) groups is 2. The van der Waals surface area contributed by atoms with Crippen LogP contribution in [0.2, 0.25) is 0 Å². The van der Waals surface area contributed by atoms with Gasteiger partial charge in [-0.2, -0.15) is 0 Å². The third-order valence-corrected chi connectivity index (χ3v) is 5.97. The fourth-order valence-electron chi connectivity index (χ4n) is 4.31. The number of benzene rings is 2. The number of amides is 2. The highest BCUT2D eigenvalue weighted by Crippen LogP contribution is 2.41. The summed E-state index contributed by atoms with van der Waals surface area (Å²) in [5, 5.41) is 0. The number of likely N-dealkylation sites (tertiary alicyclic amines) is 2. The molecule has 2 fully saturated rings. The quantitative estimate of drug-likeness (QED) is 0.815. The molecule has 4 nitrogen and oxygen atoms in total. The van der Waals surface area contributed by atoms with Crippen LogP contribution in [0.25, 0.3) is 6.08 Å². The van der Waals surface area contributed by atoms with Crippen LogP contribution in [0.1, 0.15) is 35.2 Å². The molecule has 2 aromatic carbocycles. The summed E-state index contributed by atoms with van der Waals surface area (Å²) in [5.41, 5.74) is 1.93. The van der Waals surface area contributed by atoms with Crippen LogP contribution in [0.5, 0.6) is 0 Å². The molecule has 144 valence electrons. The number of piperidine rings is 1. The Bertz CT molecular complexity index is 853. The first-order chi connectivity index (χ1) is 13.7. The van der Waals surface area contributed by atoms with E-state index in [2.05, 4.69) is 24.3 Å². The van der Waals surface area contributed by atoms with Crippen LogP contribution in [0.3, 0.4) is 0 Å². The van der Waals surface area contributed by atoms with E-state index < -0.39 is 0 Å². The van der Waals surface area contributed by atoms with Gasteiger partial charge in [-0.3, -0.25) is 9.59 Å². The summed E-state index contributed by atoms with van der Waals surface area (Å²) in [7, 11) is 0. The maximum Gasteiger partial charge on any atom is 0.253 e. The molecule has 28 heavy (non-hydrogen) atoms. The van der Waals surface area contributed by atoms with Gasteiger partial charge in [-0.05, 0) is 30.5 Å². The molecule has 2 amide bonds. The summed E-state index contributed by atoms with van der Waals surface area (Å²) in [6.07, 6.45) is 6.55. The summed E-state index contributed by atoms with van der Waals surface area (Å²) in [5.74, 6) is 0.336.